The molecule has 240 valence electrons. The summed E-state index contributed by atoms with van der Waals surface area (Å²) in [4.78, 5) is 10.6. The van der Waals surface area contributed by atoms with Gasteiger partial charge in [0.25, 0.3) is 0 Å². The normalized spacial score (nSPS) is 14.9. The lowest BCUT2D eigenvalue weighted by Crippen LogP contribution is -2.37. The van der Waals surface area contributed by atoms with Crippen molar-refractivity contribution in [2.45, 2.75) is 6.17 Å². The Bertz CT molecular complexity index is 3040. The van der Waals surface area contributed by atoms with Crippen LogP contribution in [0.2, 0.25) is 0 Å². The van der Waals surface area contributed by atoms with E-state index in [-0.39, 0.29) is 6.17 Å². The molecule has 51 heavy (non-hydrogen) atoms. The van der Waals surface area contributed by atoms with Crippen molar-refractivity contribution in [3.05, 3.63) is 175 Å². The van der Waals surface area contributed by atoms with Crippen molar-refractivity contribution in [1.29, 1.82) is 0 Å². The standard InChI is InChI=1S/C45H29N5S/c1-4-16-28(17-5-1)43-46-44(29-18-6-2-7-19-29)48-45(47-43)50-35-26-14-11-23-32(35)39-41(50)40-37(38-33-24-12-15-27-36(33)51-42(38)39)31-22-10-13-25-34(31)49(40)30-20-8-3-9-21-30/h1-27,43H,(H,46,47,48). The van der Waals surface area contributed by atoms with Crippen LogP contribution in [0.3, 0.4) is 0 Å². The Kier molecular flexibility index (Phi) is 6.12. The molecule has 0 spiro atoms. The Morgan fingerprint density at radius 1 is 0.510 bits per heavy atom. The fraction of sp³-hybridized carbons (Fsp3) is 0.0222. The average molecular weight is 672 g/mol. The topological polar surface area (TPSA) is 46.6 Å². The van der Waals surface area contributed by atoms with Gasteiger partial charge in [-0.25, -0.2) is 4.99 Å². The van der Waals surface area contributed by atoms with Gasteiger partial charge in [0.1, 0.15) is 6.17 Å². The fourth-order valence-electron chi connectivity index (χ4n) is 8.02. The van der Waals surface area contributed by atoms with Crippen LogP contribution in [0.15, 0.2) is 174 Å². The van der Waals surface area contributed by atoms with Gasteiger partial charge in [-0.2, -0.15) is 4.99 Å². The highest BCUT2D eigenvalue weighted by molar-refractivity contribution is 7.27. The number of nitrogens with zero attached hydrogens (tertiary/aromatic N) is 4. The Morgan fingerprint density at radius 2 is 1.08 bits per heavy atom. The van der Waals surface area contributed by atoms with Crippen LogP contribution in [0.25, 0.3) is 69.5 Å². The summed E-state index contributed by atoms with van der Waals surface area (Å²) in [7, 11) is 0. The molecule has 1 N–H and O–H groups in total. The molecule has 0 bridgehead atoms. The molecule has 0 aliphatic carbocycles. The molecule has 1 aliphatic rings. The Hall–Kier alpha value is -6.50. The number of nitrogens with one attached hydrogen (secondary N) is 1. The van der Waals surface area contributed by atoms with Crippen LogP contribution in [0.4, 0.5) is 0 Å². The molecule has 0 saturated heterocycles. The number of thiophene rings is 1. The van der Waals surface area contributed by atoms with E-state index in [4.69, 9.17) is 9.98 Å². The number of aromatic nitrogens is 2. The number of hydrogen-bond acceptors (Lipinski definition) is 4. The molecule has 1 atom stereocenters. The second-order valence-corrected chi connectivity index (χ2v) is 14.1. The minimum Gasteiger partial charge on any atom is -0.330 e. The van der Waals surface area contributed by atoms with E-state index in [1.165, 1.54) is 47.2 Å². The van der Waals surface area contributed by atoms with Crippen LogP contribution in [-0.2, 0) is 0 Å². The summed E-state index contributed by atoms with van der Waals surface area (Å²) in [6.45, 7) is 0. The number of benzene rings is 7. The molecule has 11 rings (SSSR count). The maximum atomic E-state index is 5.37. The maximum absolute atomic E-state index is 5.37. The highest BCUT2D eigenvalue weighted by Crippen LogP contribution is 2.50. The van der Waals surface area contributed by atoms with E-state index in [2.05, 4.69) is 154 Å². The average Bonchev–Trinajstić information content (AvgIpc) is 3.87. The molecule has 5 nitrogen and oxygen atoms in total. The van der Waals surface area contributed by atoms with Gasteiger partial charge in [0.2, 0.25) is 5.96 Å². The first-order valence-electron chi connectivity index (χ1n) is 17.2. The third-order valence-corrected chi connectivity index (χ3v) is 11.3. The zero-order valence-corrected chi connectivity index (χ0v) is 28.2. The lowest BCUT2D eigenvalue weighted by atomic mass is 10.0. The Balaban J connectivity index is 1.37. The smallest absolute Gasteiger partial charge is 0.212 e. The first-order chi connectivity index (χ1) is 25.3. The maximum Gasteiger partial charge on any atom is 0.212 e. The van der Waals surface area contributed by atoms with Gasteiger partial charge in [0.15, 0.2) is 5.84 Å². The summed E-state index contributed by atoms with van der Waals surface area (Å²) < 4.78 is 7.39. The summed E-state index contributed by atoms with van der Waals surface area (Å²) in [5.41, 5.74) is 7.73. The number of para-hydroxylation sites is 3. The lowest BCUT2D eigenvalue weighted by Gasteiger charge is -2.25. The second kappa shape index (κ2) is 11.0. The SMILES string of the molecule is c1ccc(C2=NC(c3ccccc3)NC(n3c4ccccc4c4c5sc6ccccc6c5c5c6ccccc6n(-c6ccccc6)c5c43)=N2)cc1. The lowest BCUT2D eigenvalue weighted by molar-refractivity contribution is 0.661. The molecule has 0 saturated carbocycles. The van der Waals surface area contributed by atoms with Crippen LogP contribution in [0.5, 0.6) is 0 Å². The van der Waals surface area contributed by atoms with Crippen molar-refractivity contribution in [2.24, 2.45) is 9.98 Å². The Labute approximate surface area is 297 Å². The van der Waals surface area contributed by atoms with Gasteiger partial charge < -0.3 is 9.88 Å². The van der Waals surface area contributed by atoms with Gasteiger partial charge in [0, 0.05) is 53.0 Å². The third-order valence-electron chi connectivity index (χ3n) is 10.1. The van der Waals surface area contributed by atoms with Crippen LogP contribution in [-0.4, -0.2) is 20.9 Å². The molecule has 10 aromatic rings. The van der Waals surface area contributed by atoms with Crippen molar-refractivity contribution >= 4 is 86.9 Å². The van der Waals surface area contributed by atoms with Crippen LogP contribution >= 0.6 is 11.3 Å². The zero-order chi connectivity index (χ0) is 33.5. The molecule has 0 amide bonds. The molecule has 7 aromatic carbocycles. The van der Waals surface area contributed by atoms with E-state index >= 15 is 0 Å². The highest BCUT2D eigenvalue weighted by atomic mass is 32.1. The molecule has 4 heterocycles. The van der Waals surface area contributed by atoms with E-state index in [1.807, 2.05) is 35.6 Å². The van der Waals surface area contributed by atoms with Crippen molar-refractivity contribution in [3.63, 3.8) is 0 Å². The van der Waals surface area contributed by atoms with Crippen LogP contribution < -0.4 is 5.32 Å². The van der Waals surface area contributed by atoms with Gasteiger partial charge in [-0.05, 0) is 35.9 Å². The van der Waals surface area contributed by atoms with Crippen molar-refractivity contribution in [1.82, 2.24) is 14.5 Å². The minimum absolute atomic E-state index is 0.325. The summed E-state index contributed by atoms with van der Waals surface area (Å²) >= 11 is 1.88. The van der Waals surface area contributed by atoms with Gasteiger partial charge >= 0.3 is 0 Å². The molecule has 3 aromatic heterocycles. The first-order valence-corrected chi connectivity index (χ1v) is 18.0. The molecular formula is C45H29N5S. The fourth-order valence-corrected chi connectivity index (χ4v) is 9.29. The monoisotopic (exact) mass is 671 g/mol. The Morgan fingerprint density at radius 3 is 1.82 bits per heavy atom. The van der Waals surface area contributed by atoms with Crippen LogP contribution in [0, 0.1) is 0 Å². The first kappa shape index (κ1) is 28.3. The third kappa shape index (κ3) is 4.14. The van der Waals surface area contributed by atoms with Gasteiger partial charge in [-0.15, -0.1) is 11.3 Å². The number of fused-ring (bicyclic) bond motifs is 12. The number of amidine groups is 1. The largest absolute Gasteiger partial charge is 0.330 e. The summed E-state index contributed by atoms with van der Waals surface area (Å²) in [5.74, 6) is 1.45. The van der Waals surface area contributed by atoms with Gasteiger partial charge in [-0.1, -0.05) is 133 Å². The van der Waals surface area contributed by atoms with E-state index in [1.54, 1.807) is 0 Å². The highest BCUT2D eigenvalue weighted by Gasteiger charge is 2.29. The van der Waals surface area contributed by atoms with E-state index in [0.29, 0.717) is 5.84 Å². The molecule has 0 radical (unpaired) electrons. The molecular weight excluding hydrogens is 643 g/mol. The van der Waals surface area contributed by atoms with E-state index < -0.39 is 0 Å². The van der Waals surface area contributed by atoms with Crippen LogP contribution in [0.1, 0.15) is 17.3 Å². The molecule has 1 unspecified atom stereocenters. The summed E-state index contributed by atoms with van der Waals surface area (Å²) in [6.07, 6.45) is -0.325. The molecule has 6 heteroatoms. The van der Waals surface area contributed by atoms with Gasteiger partial charge in [0.05, 0.1) is 22.1 Å². The molecule has 1 aliphatic heterocycles. The predicted octanol–water partition coefficient (Wildman–Crippen LogP) is 11.2. The van der Waals surface area contributed by atoms with E-state index in [9.17, 15) is 0 Å². The summed E-state index contributed by atoms with van der Waals surface area (Å²) in [6, 6.07) is 58.0. The minimum atomic E-state index is -0.325. The second-order valence-electron chi connectivity index (χ2n) is 13.0. The van der Waals surface area contributed by atoms with E-state index in [0.717, 1.165) is 39.3 Å². The predicted molar refractivity (Wildman–Crippen MR) is 215 cm³/mol. The van der Waals surface area contributed by atoms with Crippen molar-refractivity contribution in [2.75, 3.05) is 0 Å². The molecule has 0 fully saturated rings. The van der Waals surface area contributed by atoms with Gasteiger partial charge in [-0.3, -0.25) is 4.57 Å². The number of rotatable bonds is 3. The number of hydrogen-bond donors (Lipinski definition) is 1. The number of aliphatic imine (C=N–C) groups is 2. The van der Waals surface area contributed by atoms with Crippen molar-refractivity contribution < 1.29 is 0 Å². The zero-order valence-electron chi connectivity index (χ0n) is 27.4. The van der Waals surface area contributed by atoms with Crippen molar-refractivity contribution in [3.8, 4) is 5.69 Å². The summed E-state index contributed by atoms with van der Waals surface area (Å²) in [5, 5.41) is 11.3. The quantitative estimate of drug-likeness (QED) is 0.200.